The third kappa shape index (κ3) is 5.87. The van der Waals surface area contributed by atoms with Gasteiger partial charge in [-0.05, 0) is 17.2 Å². The molecule has 2 heterocycles. The molecule has 1 amide bonds. The van der Waals surface area contributed by atoms with Crippen molar-refractivity contribution in [2.24, 2.45) is 10.8 Å². The molecule has 5 atom stereocenters. The molecule has 1 aliphatic rings. The number of phosphoric acid groups is 1. The molecule has 1 aliphatic heterocycles. The Morgan fingerprint density at radius 2 is 2.06 bits per heavy atom. The molecule has 13 heteroatoms. The van der Waals surface area contributed by atoms with Crippen molar-refractivity contribution >= 4 is 13.7 Å². The molecule has 2 aromatic rings. The zero-order valence-corrected chi connectivity index (χ0v) is 17.0. The van der Waals surface area contributed by atoms with Crippen LogP contribution < -0.4 is 15.2 Å². The van der Waals surface area contributed by atoms with E-state index in [2.05, 4.69) is 10.0 Å². The summed E-state index contributed by atoms with van der Waals surface area (Å²) in [5.74, 6) is -0.684. The topological polar surface area (TPSA) is 184 Å². The number of carbonyl (C=O) groups is 1. The van der Waals surface area contributed by atoms with Gasteiger partial charge in [0.2, 0.25) is 0 Å². The van der Waals surface area contributed by atoms with Gasteiger partial charge in [-0.25, -0.2) is 0 Å². The quantitative estimate of drug-likeness (QED) is 0.186. The first-order valence-electron chi connectivity index (χ1n) is 9.13. The van der Waals surface area contributed by atoms with Crippen LogP contribution >= 0.6 is 7.82 Å². The highest BCUT2D eigenvalue weighted by Gasteiger charge is 2.49. The van der Waals surface area contributed by atoms with Gasteiger partial charge in [0.25, 0.3) is 20.0 Å². The maximum atomic E-state index is 12.1. The van der Waals surface area contributed by atoms with Crippen LogP contribution in [0.3, 0.4) is 0 Å². The zero-order chi connectivity index (χ0) is 22.4. The third-order valence-electron chi connectivity index (χ3n) is 4.55. The van der Waals surface area contributed by atoms with Crippen LogP contribution in [0.2, 0.25) is 0 Å². The van der Waals surface area contributed by atoms with Crippen molar-refractivity contribution in [1.82, 2.24) is 0 Å². The number of azide groups is 1. The average molecular weight is 449 g/mol. The van der Waals surface area contributed by atoms with E-state index >= 15 is 0 Å². The number of aliphatic hydroxyl groups excluding tert-OH is 1. The van der Waals surface area contributed by atoms with Crippen molar-refractivity contribution in [3.8, 4) is 0 Å². The van der Waals surface area contributed by atoms with Gasteiger partial charge >= 0.3 is 0 Å². The van der Waals surface area contributed by atoms with Crippen LogP contribution in [-0.4, -0.2) is 35.9 Å². The van der Waals surface area contributed by atoms with Gasteiger partial charge in [-0.1, -0.05) is 35.4 Å². The summed E-state index contributed by atoms with van der Waals surface area (Å²) >= 11 is 0. The number of ether oxygens (including phenoxy) is 1. The smallest absolute Gasteiger partial charge is 0.289 e. The monoisotopic (exact) mass is 449 g/mol. The van der Waals surface area contributed by atoms with E-state index in [0.717, 1.165) is 0 Å². The van der Waals surface area contributed by atoms with Crippen LogP contribution in [0.4, 0.5) is 0 Å². The summed E-state index contributed by atoms with van der Waals surface area (Å²) in [5, 5.41) is 14.1. The van der Waals surface area contributed by atoms with Gasteiger partial charge in [0.05, 0.1) is 19.3 Å². The highest BCUT2D eigenvalue weighted by Crippen LogP contribution is 2.41. The molecule has 0 saturated carbocycles. The Kier molecular flexibility index (Phi) is 7.37. The maximum absolute atomic E-state index is 12.1. The van der Waals surface area contributed by atoms with E-state index in [1.807, 2.05) is 0 Å². The highest BCUT2D eigenvalue weighted by molar-refractivity contribution is 7.45. The van der Waals surface area contributed by atoms with Gasteiger partial charge in [0.15, 0.2) is 18.5 Å². The van der Waals surface area contributed by atoms with E-state index in [0.29, 0.717) is 5.56 Å². The zero-order valence-electron chi connectivity index (χ0n) is 16.1. The minimum absolute atomic E-state index is 0.164. The standard InChI is InChI=1S/C18H20N5O7P/c19-17(25)13-7-4-8-23(9-13)18-16(24)15(21-22-20)14(30-18)11-29-31(26,27)28-10-12-5-2-1-3-6-12/h1-9,14-16,18,24H,10-11H2,(H2-,19,25,26,27)/t14-,15-,16-,18-/m1/s1. The van der Waals surface area contributed by atoms with Crippen LogP contribution in [0.5, 0.6) is 0 Å². The molecule has 0 aliphatic carbocycles. The number of amides is 1. The van der Waals surface area contributed by atoms with E-state index in [-0.39, 0.29) is 12.2 Å². The summed E-state index contributed by atoms with van der Waals surface area (Å²) in [6, 6.07) is 10.5. The lowest BCUT2D eigenvalue weighted by atomic mass is 10.1. The number of hydrogen-bond donors (Lipinski definition) is 2. The molecule has 0 spiro atoms. The van der Waals surface area contributed by atoms with Gasteiger partial charge in [-0.2, -0.15) is 4.57 Å². The predicted molar refractivity (Wildman–Crippen MR) is 103 cm³/mol. The van der Waals surface area contributed by atoms with Crippen LogP contribution in [0.1, 0.15) is 22.1 Å². The van der Waals surface area contributed by atoms with Gasteiger partial charge in [-0.3, -0.25) is 9.36 Å². The molecule has 0 radical (unpaired) electrons. The first-order chi connectivity index (χ1) is 14.8. The van der Waals surface area contributed by atoms with Crippen molar-refractivity contribution in [2.75, 3.05) is 6.61 Å². The molecule has 1 unspecified atom stereocenters. The Labute approximate surface area is 177 Å². The number of phosphoric ester groups is 1. The molecule has 31 heavy (non-hydrogen) atoms. The molecule has 1 fully saturated rings. The number of nitrogens with two attached hydrogens (primary N) is 1. The Balaban J connectivity index is 1.68. The molecule has 0 bridgehead atoms. The number of pyridine rings is 1. The summed E-state index contributed by atoms with van der Waals surface area (Å²) < 4.78 is 28.9. The number of nitrogens with zero attached hydrogens (tertiary/aromatic N) is 4. The fraction of sp³-hybridized carbons (Fsp3) is 0.333. The second kappa shape index (κ2) is 9.99. The van der Waals surface area contributed by atoms with Crippen LogP contribution in [0.15, 0.2) is 60.0 Å². The predicted octanol–water partition coefficient (Wildman–Crippen LogP) is 0.712. The normalized spacial score (nSPS) is 24.8. The molecule has 3 rings (SSSR count). The van der Waals surface area contributed by atoms with E-state index in [1.165, 1.54) is 29.1 Å². The number of benzene rings is 1. The molecular weight excluding hydrogens is 429 g/mol. The lowest BCUT2D eigenvalue weighted by Gasteiger charge is -2.25. The van der Waals surface area contributed by atoms with Gasteiger partial charge < -0.3 is 29.5 Å². The number of primary amides is 1. The molecule has 12 nitrogen and oxygen atoms in total. The molecule has 1 aromatic heterocycles. The fourth-order valence-electron chi connectivity index (χ4n) is 3.04. The largest absolute Gasteiger partial charge is 0.756 e. The molecule has 1 saturated heterocycles. The maximum Gasteiger partial charge on any atom is 0.289 e. The first kappa shape index (κ1) is 22.9. The van der Waals surface area contributed by atoms with Crippen molar-refractivity contribution in [3.63, 3.8) is 0 Å². The first-order valence-corrected chi connectivity index (χ1v) is 10.6. The van der Waals surface area contributed by atoms with Crippen LogP contribution in [0.25, 0.3) is 10.4 Å². The number of carbonyl (C=O) groups excluding carboxylic acids is 1. The van der Waals surface area contributed by atoms with Crippen LogP contribution in [0, 0.1) is 0 Å². The Morgan fingerprint density at radius 3 is 2.74 bits per heavy atom. The number of aliphatic hydroxyl groups is 1. The van der Waals surface area contributed by atoms with Gasteiger partial charge in [0.1, 0.15) is 11.6 Å². The second-order valence-electron chi connectivity index (χ2n) is 6.66. The van der Waals surface area contributed by atoms with E-state index < -0.39 is 44.8 Å². The van der Waals surface area contributed by atoms with Gasteiger partial charge in [-0.15, -0.1) is 0 Å². The third-order valence-corrected chi connectivity index (χ3v) is 5.46. The highest BCUT2D eigenvalue weighted by atomic mass is 31.2. The minimum Gasteiger partial charge on any atom is -0.756 e. The summed E-state index contributed by atoms with van der Waals surface area (Å²) in [4.78, 5) is 26.2. The Morgan fingerprint density at radius 1 is 1.32 bits per heavy atom. The van der Waals surface area contributed by atoms with E-state index in [9.17, 15) is 19.4 Å². The number of rotatable bonds is 9. The molecule has 3 N–H and O–H groups in total. The van der Waals surface area contributed by atoms with E-state index in [4.69, 9.17) is 25.0 Å². The number of aromatic nitrogens is 1. The molecule has 1 aromatic carbocycles. The summed E-state index contributed by atoms with van der Waals surface area (Å²) in [5.41, 5.74) is 14.9. The SMILES string of the molecule is [N-]=[N+]=N[C@H]1[C@@H](O)[C@H]([n+]2cccc(C(N)=O)c2)O[C@@H]1COP(=O)([O-])OCc1ccccc1. The lowest BCUT2D eigenvalue weighted by molar-refractivity contribution is -0.765. The fourth-order valence-corrected chi connectivity index (χ4v) is 3.75. The second-order valence-corrected chi connectivity index (χ2v) is 8.07. The minimum atomic E-state index is -4.70. The van der Waals surface area contributed by atoms with Crippen molar-refractivity contribution in [3.05, 3.63) is 76.4 Å². The lowest BCUT2D eigenvalue weighted by Crippen LogP contribution is -2.46. The Hall–Kier alpha value is -2.82. The molecular formula is C18H20N5O7P. The summed E-state index contributed by atoms with van der Waals surface area (Å²) in [6.07, 6.45) is -0.636. The van der Waals surface area contributed by atoms with Crippen molar-refractivity contribution < 1.29 is 37.7 Å². The average Bonchev–Trinajstić information content (AvgIpc) is 3.08. The van der Waals surface area contributed by atoms with E-state index in [1.54, 1.807) is 30.3 Å². The van der Waals surface area contributed by atoms with Crippen LogP contribution in [-0.2, 0) is 25.0 Å². The van der Waals surface area contributed by atoms with Crippen molar-refractivity contribution in [1.29, 1.82) is 0 Å². The number of hydrogen-bond acceptors (Lipinski definition) is 8. The van der Waals surface area contributed by atoms with Crippen molar-refractivity contribution in [2.45, 2.75) is 31.1 Å². The Bertz CT molecular complexity index is 1020. The molecule has 164 valence electrons. The summed E-state index contributed by atoms with van der Waals surface area (Å²) in [6.45, 7) is -0.767. The van der Waals surface area contributed by atoms with Gasteiger partial charge in [0, 0.05) is 11.0 Å². The summed E-state index contributed by atoms with van der Waals surface area (Å²) in [7, 11) is -4.70.